The normalized spacial score (nSPS) is 11.2. The first-order valence-electron chi connectivity index (χ1n) is 6.55. The minimum Gasteiger partial charge on any atom is -0.0620 e. The molecule has 0 amide bonds. The van der Waals surface area contributed by atoms with Gasteiger partial charge in [0.25, 0.3) is 0 Å². The van der Waals surface area contributed by atoms with Crippen LogP contribution in [0.3, 0.4) is 0 Å². The van der Waals surface area contributed by atoms with Crippen LogP contribution in [0.15, 0.2) is 48.5 Å². The standard InChI is InChI=1S/C18H21/c1-13(2)18(16-11-7-5-9-14(16)3)17-12-8-6-10-15(17)4/h5-13,18H,1H2,2-4H3. The summed E-state index contributed by atoms with van der Waals surface area (Å²) in [6.45, 7) is 10.8. The Bertz CT molecular complexity index is 478. The van der Waals surface area contributed by atoms with Crippen LogP contribution < -0.4 is 0 Å². The maximum Gasteiger partial charge on any atom is 0.0120 e. The summed E-state index contributed by atoms with van der Waals surface area (Å²) < 4.78 is 0. The Morgan fingerprint density at radius 3 is 1.50 bits per heavy atom. The Morgan fingerprint density at radius 1 is 0.778 bits per heavy atom. The second kappa shape index (κ2) is 5.39. The molecule has 0 aliphatic carbocycles. The number of hydrogen-bond acceptors (Lipinski definition) is 0. The Morgan fingerprint density at radius 2 is 1.17 bits per heavy atom. The van der Waals surface area contributed by atoms with Crippen LogP contribution in [0.5, 0.6) is 0 Å². The highest BCUT2D eigenvalue weighted by Crippen LogP contribution is 2.34. The van der Waals surface area contributed by atoms with Crippen molar-refractivity contribution in [3.8, 4) is 0 Å². The van der Waals surface area contributed by atoms with Gasteiger partial charge < -0.3 is 0 Å². The zero-order valence-corrected chi connectivity index (χ0v) is 11.5. The maximum atomic E-state index is 4.27. The van der Waals surface area contributed by atoms with Crippen LogP contribution >= 0.6 is 0 Å². The van der Waals surface area contributed by atoms with Crippen molar-refractivity contribution in [2.24, 2.45) is 5.92 Å². The molecule has 0 saturated heterocycles. The zero-order valence-electron chi connectivity index (χ0n) is 11.5. The Balaban J connectivity index is 2.55. The second-order valence-corrected chi connectivity index (χ2v) is 5.17. The summed E-state index contributed by atoms with van der Waals surface area (Å²) in [5, 5.41) is 0. The lowest BCUT2D eigenvalue weighted by Crippen LogP contribution is -2.11. The van der Waals surface area contributed by atoms with E-state index in [0.29, 0.717) is 11.8 Å². The van der Waals surface area contributed by atoms with Gasteiger partial charge in [-0.3, -0.25) is 0 Å². The van der Waals surface area contributed by atoms with Gasteiger partial charge in [-0.05, 0) is 48.9 Å². The number of rotatable bonds is 3. The summed E-state index contributed by atoms with van der Waals surface area (Å²) in [4.78, 5) is 0. The molecule has 0 bridgehead atoms. The van der Waals surface area contributed by atoms with Crippen molar-refractivity contribution in [2.45, 2.75) is 26.7 Å². The van der Waals surface area contributed by atoms with Crippen LogP contribution in [0.2, 0.25) is 0 Å². The first-order valence-corrected chi connectivity index (χ1v) is 6.55. The third-order valence-corrected chi connectivity index (χ3v) is 3.62. The molecule has 0 N–H and O–H groups in total. The van der Waals surface area contributed by atoms with Crippen LogP contribution in [0.25, 0.3) is 0 Å². The van der Waals surface area contributed by atoms with Gasteiger partial charge in [-0.25, -0.2) is 0 Å². The van der Waals surface area contributed by atoms with Gasteiger partial charge in [0.05, 0.1) is 0 Å². The average Bonchev–Trinajstić information content (AvgIpc) is 2.34. The summed E-state index contributed by atoms with van der Waals surface area (Å²) in [6, 6.07) is 17.3. The van der Waals surface area contributed by atoms with E-state index in [9.17, 15) is 0 Å². The average molecular weight is 237 g/mol. The quantitative estimate of drug-likeness (QED) is 0.712. The summed E-state index contributed by atoms with van der Waals surface area (Å²) in [5.41, 5.74) is 5.49. The van der Waals surface area contributed by atoms with Gasteiger partial charge in [0.1, 0.15) is 0 Å². The molecule has 0 heteroatoms. The highest BCUT2D eigenvalue weighted by atomic mass is 14.2. The summed E-state index contributed by atoms with van der Waals surface area (Å²) in [7, 11) is 0. The van der Waals surface area contributed by atoms with E-state index in [1.807, 2.05) is 0 Å². The fourth-order valence-electron chi connectivity index (χ4n) is 2.65. The molecular formula is C18H21. The first-order chi connectivity index (χ1) is 8.61. The molecule has 0 heterocycles. The van der Waals surface area contributed by atoms with Crippen molar-refractivity contribution < 1.29 is 0 Å². The molecule has 2 rings (SSSR count). The topological polar surface area (TPSA) is 0 Å². The SMILES string of the molecule is [CH2]C(C)C(c1ccccc1C)c1ccccc1C. The van der Waals surface area contributed by atoms with Crippen LogP contribution in [0.4, 0.5) is 0 Å². The van der Waals surface area contributed by atoms with Crippen LogP contribution in [-0.2, 0) is 0 Å². The van der Waals surface area contributed by atoms with Crippen molar-refractivity contribution >= 4 is 0 Å². The van der Waals surface area contributed by atoms with Crippen LogP contribution in [0, 0.1) is 26.7 Å². The molecule has 2 aromatic carbocycles. The minimum atomic E-state index is 0.354. The predicted molar refractivity (Wildman–Crippen MR) is 78.7 cm³/mol. The number of hydrogen-bond donors (Lipinski definition) is 0. The van der Waals surface area contributed by atoms with E-state index < -0.39 is 0 Å². The van der Waals surface area contributed by atoms with E-state index in [0.717, 1.165) is 0 Å². The molecule has 0 saturated carbocycles. The van der Waals surface area contributed by atoms with E-state index in [1.54, 1.807) is 0 Å². The largest absolute Gasteiger partial charge is 0.0620 e. The lowest BCUT2D eigenvalue weighted by atomic mass is 9.79. The molecule has 0 aliphatic rings. The van der Waals surface area contributed by atoms with Crippen molar-refractivity contribution in [3.63, 3.8) is 0 Å². The molecule has 0 spiro atoms. The van der Waals surface area contributed by atoms with Gasteiger partial charge in [0.15, 0.2) is 0 Å². The van der Waals surface area contributed by atoms with Crippen molar-refractivity contribution in [1.29, 1.82) is 0 Å². The summed E-state index contributed by atoms with van der Waals surface area (Å²) in [6.07, 6.45) is 0. The monoisotopic (exact) mass is 237 g/mol. The zero-order chi connectivity index (χ0) is 13.1. The van der Waals surface area contributed by atoms with E-state index in [4.69, 9.17) is 0 Å². The molecule has 0 aromatic heterocycles. The van der Waals surface area contributed by atoms with Gasteiger partial charge in [0.2, 0.25) is 0 Å². The number of benzene rings is 2. The van der Waals surface area contributed by atoms with Crippen molar-refractivity contribution in [2.75, 3.05) is 0 Å². The second-order valence-electron chi connectivity index (χ2n) is 5.17. The van der Waals surface area contributed by atoms with Crippen LogP contribution in [-0.4, -0.2) is 0 Å². The van der Waals surface area contributed by atoms with Gasteiger partial charge in [-0.1, -0.05) is 55.5 Å². The Labute approximate surface area is 111 Å². The third-order valence-electron chi connectivity index (χ3n) is 3.62. The van der Waals surface area contributed by atoms with Gasteiger partial charge in [-0.2, -0.15) is 0 Å². The molecule has 1 atom stereocenters. The lowest BCUT2D eigenvalue weighted by Gasteiger charge is -2.25. The Hall–Kier alpha value is -1.56. The smallest absolute Gasteiger partial charge is 0.0120 e. The fourth-order valence-corrected chi connectivity index (χ4v) is 2.65. The third kappa shape index (κ3) is 2.48. The van der Waals surface area contributed by atoms with E-state index in [2.05, 4.69) is 76.2 Å². The van der Waals surface area contributed by atoms with Gasteiger partial charge >= 0.3 is 0 Å². The molecular weight excluding hydrogens is 216 g/mol. The van der Waals surface area contributed by atoms with Crippen LogP contribution in [0.1, 0.15) is 35.1 Å². The molecule has 1 radical (unpaired) electrons. The molecule has 0 aliphatic heterocycles. The minimum absolute atomic E-state index is 0.354. The highest BCUT2D eigenvalue weighted by Gasteiger charge is 2.20. The predicted octanol–water partition coefficient (Wildman–Crippen LogP) is 4.91. The number of aryl methyl sites for hydroxylation is 2. The van der Waals surface area contributed by atoms with Crippen molar-refractivity contribution in [3.05, 3.63) is 77.7 Å². The van der Waals surface area contributed by atoms with E-state index in [-0.39, 0.29) is 0 Å². The van der Waals surface area contributed by atoms with Crippen molar-refractivity contribution in [1.82, 2.24) is 0 Å². The molecule has 0 nitrogen and oxygen atoms in total. The van der Waals surface area contributed by atoms with Gasteiger partial charge in [0, 0.05) is 5.92 Å². The maximum absolute atomic E-state index is 4.27. The fraction of sp³-hybridized carbons (Fsp3) is 0.278. The summed E-state index contributed by atoms with van der Waals surface area (Å²) >= 11 is 0. The molecule has 18 heavy (non-hydrogen) atoms. The first kappa shape index (κ1) is 12.9. The molecule has 93 valence electrons. The molecule has 0 fully saturated rings. The summed E-state index contributed by atoms with van der Waals surface area (Å²) in [5.74, 6) is 0.736. The molecule has 2 aromatic rings. The van der Waals surface area contributed by atoms with E-state index in [1.165, 1.54) is 22.3 Å². The molecule has 1 unspecified atom stereocenters. The lowest BCUT2D eigenvalue weighted by molar-refractivity contribution is 0.614. The van der Waals surface area contributed by atoms with Gasteiger partial charge in [-0.15, -0.1) is 0 Å². The van der Waals surface area contributed by atoms with E-state index >= 15 is 0 Å². The highest BCUT2D eigenvalue weighted by molar-refractivity contribution is 5.41. The Kier molecular flexibility index (Phi) is 3.86.